The topological polar surface area (TPSA) is 67.6 Å². The number of halogens is 3. The third-order valence-electron chi connectivity index (χ3n) is 5.21. The van der Waals surface area contributed by atoms with Crippen molar-refractivity contribution >= 4 is 17.6 Å². The molecule has 9 heteroatoms. The number of likely N-dealkylation sites (tertiary alicyclic amines) is 1. The van der Waals surface area contributed by atoms with Crippen LogP contribution >= 0.6 is 0 Å². The number of hydrogen-bond acceptors (Lipinski definition) is 4. The van der Waals surface area contributed by atoms with E-state index in [1.54, 1.807) is 0 Å². The van der Waals surface area contributed by atoms with Crippen molar-refractivity contribution < 1.29 is 22.8 Å². The van der Waals surface area contributed by atoms with E-state index >= 15 is 0 Å². The van der Waals surface area contributed by atoms with Gasteiger partial charge in [0.05, 0.1) is 22.9 Å². The van der Waals surface area contributed by atoms with Gasteiger partial charge < -0.3 is 4.90 Å². The number of carbonyl (C=O) groups is 2. The van der Waals surface area contributed by atoms with E-state index in [0.29, 0.717) is 19.0 Å². The fraction of sp³-hybridized carbons (Fsp3) is 0.438. The summed E-state index contributed by atoms with van der Waals surface area (Å²) >= 11 is 0. The molecular weight excluding hydrogens is 337 g/mol. The number of alkyl halides is 3. The Morgan fingerprint density at radius 3 is 2.64 bits per heavy atom. The van der Waals surface area contributed by atoms with Gasteiger partial charge in [-0.1, -0.05) is 0 Å². The quantitative estimate of drug-likeness (QED) is 0.725. The van der Waals surface area contributed by atoms with Gasteiger partial charge in [0.15, 0.2) is 0 Å². The number of anilines is 1. The zero-order valence-electron chi connectivity index (χ0n) is 13.1. The van der Waals surface area contributed by atoms with E-state index in [2.05, 4.69) is 0 Å². The molecule has 4 rings (SSSR count). The van der Waals surface area contributed by atoms with Crippen LogP contribution in [0.5, 0.6) is 0 Å². The van der Waals surface area contributed by atoms with Crippen LogP contribution in [-0.2, 0) is 11.0 Å². The average molecular weight is 350 g/mol. The van der Waals surface area contributed by atoms with Crippen molar-refractivity contribution in [3.63, 3.8) is 0 Å². The lowest BCUT2D eigenvalue weighted by Crippen LogP contribution is -2.51. The molecule has 3 aliphatic heterocycles. The number of fused-ring (bicyclic) bond motifs is 5. The minimum absolute atomic E-state index is 0.0954. The van der Waals surface area contributed by atoms with Crippen molar-refractivity contribution in [3.8, 4) is 6.07 Å². The normalized spacial score (nSPS) is 28.7. The summed E-state index contributed by atoms with van der Waals surface area (Å²) in [5, 5.41) is 8.87. The van der Waals surface area contributed by atoms with E-state index in [9.17, 15) is 22.8 Å². The summed E-state index contributed by atoms with van der Waals surface area (Å²) in [5.41, 5.74) is -1.85. The summed E-state index contributed by atoms with van der Waals surface area (Å²) in [4.78, 5) is 29.7. The van der Waals surface area contributed by atoms with Crippen LogP contribution in [0.4, 0.5) is 23.7 Å². The second-order valence-electron chi connectivity index (χ2n) is 6.54. The van der Waals surface area contributed by atoms with E-state index < -0.39 is 35.3 Å². The molecule has 3 atom stereocenters. The number of likely N-dealkylation sites (N-methyl/N-ethyl adjacent to an activating group) is 1. The van der Waals surface area contributed by atoms with Crippen LogP contribution in [0.2, 0.25) is 0 Å². The largest absolute Gasteiger partial charge is 0.417 e. The van der Waals surface area contributed by atoms with Crippen LogP contribution in [0.15, 0.2) is 18.2 Å². The van der Waals surface area contributed by atoms with E-state index in [4.69, 9.17) is 5.26 Å². The molecule has 1 aromatic rings. The number of amides is 3. The second kappa shape index (κ2) is 4.95. The van der Waals surface area contributed by atoms with Crippen LogP contribution in [0.25, 0.3) is 0 Å². The average Bonchev–Trinajstić information content (AvgIpc) is 3.17. The van der Waals surface area contributed by atoms with Crippen LogP contribution in [0.1, 0.15) is 17.5 Å². The molecule has 3 saturated heterocycles. The first-order chi connectivity index (χ1) is 11.7. The highest BCUT2D eigenvalue weighted by molar-refractivity contribution is 6.22. The number of nitrogens with zero attached hydrogens (tertiary/aromatic N) is 4. The van der Waals surface area contributed by atoms with E-state index in [1.165, 1.54) is 17.0 Å². The molecule has 6 nitrogen and oxygen atoms in total. The Bertz CT molecular complexity index is 832. The molecule has 1 aromatic carbocycles. The molecule has 0 N–H and O–H groups in total. The highest BCUT2D eigenvalue weighted by Gasteiger charge is 2.61. The first-order valence-electron chi connectivity index (χ1n) is 7.72. The van der Waals surface area contributed by atoms with Crippen LogP contribution < -0.4 is 4.90 Å². The number of urea groups is 1. The molecule has 0 aromatic heterocycles. The molecule has 1 unspecified atom stereocenters. The summed E-state index contributed by atoms with van der Waals surface area (Å²) in [5.74, 6) is -0.512. The first-order valence-corrected chi connectivity index (χ1v) is 7.72. The summed E-state index contributed by atoms with van der Waals surface area (Å²) in [6, 6.07) is 2.94. The lowest BCUT2D eigenvalue weighted by atomic mass is 10.1. The molecule has 3 fully saturated rings. The Balaban J connectivity index is 1.75. The Morgan fingerprint density at radius 1 is 1.28 bits per heavy atom. The number of hydrogen-bond donors (Lipinski definition) is 0. The van der Waals surface area contributed by atoms with Crippen molar-refractivity contribution in [2.45, 2.75) is 30.7 Å². The van der Waals surface area contributed by atoms with Gasteiger partial charge in [-0.05, 0) is 31.7 Å². The number of benzene rings is 1. The molecule has 0 radical (unpaired) electrons. The molecule has 3 heterocycles. The number of nitriles is 1. The maximum Gasteiger partial charge on any atom is 0.417 e. The molecule has 3 amide bonds. The Hall–Kier alpha value is -2.60. The van der Waals surface area contributed by atoms with Crippen LogP contribution in [0.3, 0.4) is 0 Å². The standard InChI is InChI=1S/C16H13F3N4O2/c1-21-7-10-5-12(21)13-14(24)23(15(25)22(10)13)9-3-2-8(6-20)11(4-9)16(17,18)19/h2-4,10,12-13H,5,7H2,1H3/t10-,12-,13?/m1/s1. The zero-order valence-corrected chi connectivity index (χ0v) is 13.1. The van der Waals surface area contributed by atoms with Crippen molar-refractivity contribution in [1.29, 1.82) is 5.26 Å². The van der Waals surface area contributed by atoms with E-state index in [0.717, 1.165) is 11.0 Å². The lowest BCUT2D eigenvalue weighted by molar-refractivity contribution is -0.137. The minimum atomic E-state index is -4.75. The molecule has 0 aliphatic carbocycles. The van der Waals surface area contributed by atoms with Crippen molar-refractivity contribution in [2.24, 2.45) is 0 Å². The third-order valence-corrected chi connectivity index (χ3v) is 5.21. The highest BCUT2D eigenvalue weighted by atomic mass is 19.4. The fourth-order valence-electron chi connectivity index (χ4n) is 4.13. The summed E-state index contributed by atoms with van der Waals surface area (Å²) < 4.78 is 39.5. The van der Waals surface area contributed by atoms with Crippen molar-refractivity contribution in [2.75, 3.05) is 18.5 Å². The molecule has 2 bridgehead atoms. The van der Waals surface area contributed by atoms with E-state index in [1.807, 2.05) is 11.9 Å². The van der Waals surface area contributed by atoms with Gasteiger partial charge in [-0.25, -0.2) is 9.69 Å². The summed E-state index contributed by atoms with van der Waals surface area (Å²) in [7, 11) is 1.87. The van der Waals surface area contributed by atoms with Gasteiger partial charge in [-0.3, -0.25) is 9.69 Å². The van der Waals surface area contributed by atoms with E-state index in [-0.39, 0.29) is 17.8 Å². The van der Waals surface area contributed by atoms with Gasteiger partial charge in [0, 0.05) is 18.6 Å². The van der Waals surface area contributed by atoms with Crippen molar-refractivity contribution in [1.82, 2.24) is 9.80 Å². The van der Waals surface area contributed by atoms with Gasteiger partial charge in [-0.15, -0.1) is 0 Å². The van der Waals surface area contributed by atoms with Gasteiger partial charge in [-0.2, -0.15) is 18.4 Å². The highest BCUT2D eigenvalue weighted by Crippen LogP contribution is 2.42. The number of piperazine rings is 1. The van der Waals surface area contributed by atoms with Gasteiger partial charge in [0.1, 0.15) is 6.04 Å². The fourth-order valence-corrected chi connectivity index (χ4v) is 4.13. The summed E-state index contributed by atoms with van der Waals surface area (Å²) in [6.45, 7) is 0.648. The molecule has 0 saturated carbocycles. The lowest BCUT2D eigenvalue weighted by Gasteiger charge is -2.32. The SMILES string of the molecule is CN1C[C@H]2C[C@@H]1C1C(=O)N(c3ccc(C#N)c(C(F)(F)F)c3)C(=O)N12. The number of carbonyl (C=O) groups excluding carboxylic acids is 2. The van der Waals surface area contributed by atoms with Crippen molar-refractivity contribution in [3.05, 3.63) is 29.3 Å². The zero-order chi connectivity index (χ0) is 18.1. The number of rotatable bonds is 1. The Labute approximate surface area is 141 Å². The Kier molecular flexibility index (Phi) is 3.15. The predicted octanol–water partition coefficient (Wildman–Crippen LogP) is 1.80. The first kappa shape index (κ1) is 15.9. The number of imide groups is 1. The molecule has 25 heavy (non-hydrogen) atoms. The minimum Gasteiger partial charge on any atom is -0.306 e. The maximum absolute atomic E-state index is 13.2. The summed E-state index contributed by atoms with van der Waals surface area (Å²) in [6.07, 6.45) is -4.05. The van der Waals surface area contributed by atoms with Gasteiger partial charge >= 0.3 is 12.2 Å². The monoisotopic (exact) mass is 350 g/mol. The predicted molar refractivity (Wildman–Crippen MR) is 79.5 cm³/mol. The third kappa shape index (κ3) is 2.07. The van der Waals surface area contributed by atoms with Gasteiger partial charge in [0.25, 0.3) is 5.91 Å². The van der Waals surface area contributed by atoms with Gasteiger partial charge in [0.2, 0.25) is 0 Å². The smallest absolute Gasteiger partial charge is 0.306 e. The van der Waals surface area contributed by atoms with Crippen LogP contribution in [0, 0.1) is 11.3 Å². The van der Waals surface area contributed by atoms with Crippen LogP contribution in [-0.4, -0.2) is 53.5 Å². The maximum atomic E-state index is 13.2. The molecular formula is C16H13F3N4O2. The Morgan fingerprint density at radius 2 is 2.00 bits per heavy atom. The second-order valence-corrected chi connectivity index (χ2v) is 6.54. The molecule has 0 spiro atoms. The molecule has 130 valence electrons. The molecule has 3 aliphatic rings.